The molecule has 4 fully saturated rings. The molecule has 0 spiro atoms. The maximum absolute atomic E-state index is 11.8. The summed E-state index contributed by atoms with van der Waals surface area (Å²) in [5, 5.41) is 19.5. The molecule has 8 atom stereocenters. The number of hydrogen-bond acceptors (Lipinski definition) is 4. The monoisotopic (exact) mass is 371 g/mol. The number of ether oxygens (including phenoxy) is 1. The summed E-state index contributed by atoms with van der Waals surface area (Å²) in [6.45, 7) is 6.28. The molecule has 0 aromatic carbocycles. The number of fused-ring (bicyclic) bond motifs is 5. The van der Waals surface area contributed by atoms with Crippen LogP contribution in [0.25, 0.3) is 0 Å². The van der Waals surface area contributed by atoms with Gasteiger partial charge in [-0.2, -0.15) is 5.26 Å². The van der Waals surface area contributed by atoms with Crippen LogP contribution in [0.1, 0.15) is 72.1 Å². The zero-order valence-electron chi connectivity index (χ0n) is 16.9. The Hall–Kier alpha value is -1.34. The maximum atomic E-state index is 11.8. The minimum atomic E-state index is -0.261. The summed E-state index contributed by atoms with van der Waals surface area (Å²) >= 11 is 0. The summed E-state index contributed by atoms with van der Waals surface area (Å²) in [5.74, 6) is 1.84. The maximum Gasteiger partial charge on any atom is 0.302 e. The molecule has 1 N–H and O–H groups in total. The van der Waals surface area contributed by atoms with Crippen molar-refractivity contribution >= 4 is 5.97 Å². The first-order valence-electron chi connectivity index (χ1n) is 10.7. The van der Waals surface area contributed by atoms with Crippen LogP contribution >= 0.6 is 0 Å². The Morgan fingerprint density at radius 2 is 1.96 bits per heavy atom. The predicted molar refractivity (Wildman–Crippen MR) is 102 cm³/mol. The third-order valence-electron chi connectivity index (χ3n) is 9.03. The number of hydrogen-bond donors (Lipinski definition) is 1. The first kappa shape index (κ1) is 19.0. The molecule has 0 bridgehead atoms. The molecule has 0 heterocycles. The molecule has 4 nitrogen and oxygen atoms in total. The number of nitrogens with zero attached hydrogens (tertiary/aromatic N) is 1. The molecule has 148 valence electrons. The normalized spacial score (nSPS) is 50.3. The SMILES string of the molecule is CC(=O)O[C@H]1C[C@@H]2[C@H](CC[C@]3(C)/C(=C\C#N)CC[C@@H]23)[C@@]2(C)CC[C@@H](O)C[C@H]12. The molecule has 4 aliphatic carbocycles. The lowest BCUT2D eigenvalue weighted by Gasteiger charge is -2.62. The van der Waals surface area contributed by atoms with Gasteiger partial charge in [-0.25, -0.2) is 0 Å². The topological polar surface area (TPSA) is 70.3 Å². The van der Waals surface area contributed by atoms with E-state index in [1.807, 2.05) is 0 Å². The van der Waals surface area contributed by atoms with Crippen LogP contribution in [0.5, 0.6) is 0 Å². The predicted octanol–water partition coefficient (Wildman–Crippen LogP) is 4.38. The van der Waals surface area contributed by atoms with Crippen molar-refractivity contribution in [2.75, 3.05) is 0 Å². The van der Waals surface area contributed by atoms with Crippen LogP contribution in [0.4, 0.5) is 0 Å². The molecule has 4 aliphatic rings. The van der Waals surface area contributed by atoms with E-state index in [9.17, 15) is 15.2 Å². The van der Waals surface area contributed by atoms with Crippen molar-refractivity contribution in [3.05, 3.63) is 11.6 Å². The van der Waals surface area contributed by atoms with Gasteiger partial charge in [0.25, 0.3) is 0 Å². The van der Waals surface area contributed by atoms with Crippen LogP contribution in [0, 0.1) is 45.8 Å². The highest BCUT2D eigenvalue weighted by Gasteiger charge is 2.61. The first-order chi connectivity index (χ1) is 12.8. The van der Waals surface area contributed by atoms with Crippen molar-refractivity contribution in [3.63, 3.8) is 0 Å². The van der Waals surface area contributed by atoms with E-state index < -0.39 is 0 Å². The van der Waals surface area contributed by atoms with Crippen LogP contribution in [-0.2, 0) is 9.53 Å². The summed E-state index contributed by atoms with van der Waals surface area (Å²) in [5.41, 5.74) is 1.61. The third kappa shape index (κ3) is 2.85. The number of rotatable bonds is 1. The van der Waals surface area contributed by atoms with E-state index in [0.29, 0.717) is 17.8 Å². The highest BCUT2D eigenvalue weighted by molar-refractivity contribution is 5.66. The largest absolute Gasteiger partial charge is 0.462 e. The van der Waals surface area contributed by atoms with Gasteiger partial charge < -0.3 is 9.84 Å². The molecule has 0 unspecified atom stereocenters. The highest BCUT2D eigenvalue weighted by Crippen LogP contribution is 2.67. The van der Waals surface area contributed by atoms with Crippen LogP contribution in [0.3, 0.4) is 0 Å². The van der Waals surface area contributed by atoms with Crippen LogP contribution in [0.2, 0.25) is 0 Å². The summed E-state index contributed by atoms with van der Waals surface area (Å²) in [6, 6.07) is 2.27. The lowest BCUT2D eigenvalue weighted by Crippen LogP contribution is -2.58. The van der Waals surface area contributed by atoms with Crippen molar-refractivity contribution in [1.82, 2.24) is 0 Å². The second kappa shape index (κ2) is 6.62. The minimum Gasteiger partial charge on any atom is -0.462 e. The molecule has 0 aromatic heterocycles. The van der Waals surface area contributed by atoms with Crippen LogP contribution in [-0.4, -0.2) is 23.3 Å². The molecule has 0 aliphatic heterocycles. The van der Waals surface area contributed by atoms with Gasteiger partial charge in [0.2, 0.25) is 0 Å². The molecular weight excluding hydrogens is 338 g/mol. The van der Waals surface area contributed by atoms with Crippen LogP contribution in [0.15, 0.2) is 11.6 Å². The number of esters is 1. The Bertz CT molecular complexity index is 694. The summed E-state index contributed by atoms with van der Waals surface area (Å²) in [7, 11) is 0. The zero-order valence-corrected chi connectivity index (χ0v) is 16.9. The highest BCUT2D eigenvalue weighted by atomic mass is 16.5. The Morgan fingerprint density at radius 1 is 1.19 bits per heavy atom. The van der Waals surface area contributed by atoms with E-state index in [2.05, 4.69) is 19.9 Å². The van der Waals surface area contributed by atoms with Crippen molar-refractivity contribution < 1.29 is 14.6 Å². The first-order valence-corrected chi connectivity index (χ1v) is 10.7. The van der Waals surface area contributed by atoms with Gasteiger partial charge in [-0.3, -0.25) is 4.79 Å². The van der Waals surface area contributed by atoms with E-state index in [4.69, 9.17) is 4.74 Å². The third-order valence-corrected chi connectivity index (χ3v) is 9.03. The van der Waals surface area contributed by atoms with Crippen LogP contribution < -0.4 is 0 Å². The summed E-state index contributed by atoms with van der Waals surface area (Å²) in [4.78, 5) is 11.8. The van der Waals surface area contributed by atoms with Gasteiger partial charge in [0.05, 0.1) is 12.2 Å². The molecule has 27 heavy (non-hydrogen) atoms. The van der Waals surface area contributed by atoms with E-state index >= 15 is 0 Å². The van der Waals surface area contributed by atoms with E-state index in [1.54, 1.807) is 6.08 Å². The van der Waals surface area contributed by atoms with Crippen molar-refractivity contribution in [1.29, 1.82) is 5.26 Å². The van der Waals surface area contributed by atoms with E-state index in [0.717, 1.165) is 44.9 Å². The Labute approximate surface area is 163 Å². The number of aliphatic hydroxyl groups is 1. The van der Waals surface area contributed by atoms with Gasteiger partial charge in [-0.05, 0) is 80.0 Å². The van der Waals surface area contributed by atoms with Gasteiger partial charge in [-0.1, -0.05) is 19.4 Å². The van der Waals surface area contributed by atoms with Gasteiger partial charge in [0.1, 0.15) is 6.10 Å². The number of carbonyl (C=O) groups excluding carboxylic acids is 1. The van der Waals surface area contributed by atoms with Gasteiger partial charge in [-0.15, -0.1) is 0 Å². The summed E-state index contributed by atoms with van der Waals surface area (Å²) < 4.78 is 5.86. The molecular formula is C23H33NO3. The molecule has 0 amide bonds. The van der Waals surface area contributed by atoms with Gasteiger partial charge in [0.15, 0.2) is 0 Å². The minimum absolute atomic E-state index is 0.0740. The van der Waals surface area contributed by atoms with Gasteiger partial charge >= 0.3 is 5.97 Å². The Morgan fingerprint density at radius 3 is 2.67 bits per heavy atom. The van der Waals surface area contributed by atoms with Crippen molar-refractivity contribution in [3.8, 4) is 6.07 Å². The van der Waals surface area contributed by atoms with Crippen molar-refractivity contribution in [2.24, 2.45) is 34.5 Å². The average molecular weight is 372 g/mol. The second-order valence-electron chi connectivity index (χ2n) is 10.1. The van der Waals surface area contributed by atoms with Crippen molar-refractivity contribution in [2.45, 2.75) is 84.3 Å². The van der Waals surface area contributed by atoms with Gasteiger partial charge in [0, 0.05) is 18.9 Å². The molecule has 0 radical (unpaired) electrons. The number of aliphatic hydroxyl groups excluding tert-OH is 1. The van der Waals surface area contributed by atoms with E-state index in [-0.39, 0.29) is 34.9 Å². The quantitative estimate of drug-likeness (QED) is 0.548. The fourth-order valence-corrected chi connectivity index (χ4v) is 7.75. The molecule has 4 saturated carbocycles. The molecule has 4 heteroatoms. The smallest absolute Gasteiger partial charge is 0.302 e. The van der Waals surface area contributed by atoms with E-state index in [1.165, 1.54) is 18.9 Å². The lowest BCUT2D eigenvalue weighted by atomic mass is 9.44. The fraction of sp³-hybridized carbons (Fsp3) is 0.826. The summed E-state index contributed by atoms with van der Waals surface area (Å²) in [6.07, 6.45) is 9.60. The molecule has 0 saturated heterocycles. The molecule has 0 aromatic rings. The zero-order chi connectivity index (χ0) is 19.4. The fourth-order valence-electron chi connectivity index (χ4n) is 7.75. The molecule has 4 rings (SSSR count). The standard InChI is InChI=1S/C23H33NO3/c1-14(25)27-21-13-17-18-5-4-15(8-11-24)22(18,2)10-7-19(17)23(3)9-6-16(26)12-20(21)23/h8,16-21,26H,4-7,9-10,12-13H2,1-3H3/b15-8-/t16-,17+,18+,19+,20-,21+,22-,23-/m1/s1. The average Bonchev–Trinajstić information content (AvgIpc) is 2.93. The Balaban J connectivity index is 1.69. The second-order valence-corrected chi connectivity index (χ2v) is 10.1. The number of nitriles is 1. The number of allylic oxidation sites excluding steroid dienone is 2. The Kier molecular flexibility index (Phi) is 4.66. The number of carbonyl (C=O) groups is 1. The lowest BCUT2D eigenvalue weighted by molar-refractivity contribution is -0.188.